The van der Waals surface area contributed by atoms with Crippen LogP contribution in [-0.4, -0.2) is 52.5 Å². The van der Waals surface area contributed by atoms with Gasteiger partial charge >= 0.3 is 0 Å². The molecule has 3 heterocycles. The second-order valence-electron chi connectivity index (χ2n) is 7.19. The zero-order chi connectivity index (χ0) is 20.5. The predicted molar refractivity (Wildman–Crippen MR) is 114 cm³/mol. The fourth-order valence-corrected chi connectivity index (χ4v) is 3.84. The molecule has 0 unspecified atom stereocenters. The quantitative estimate of drug-likeness (QED) is 0.718. The van der Waals surface area contributed by atoms with Crippen LogP contribution in [0, 0.1) is 6.92 Å². The lowest BCUT2D eigenvalue weighted by Gasteiger charge is -2.36. The molecule has 0 saturated carbocycles. The number of hydrogen-bond donors (Lipinski definition) is 1. The highest BCUT2D eigenvalue weighted by Gasteiger charge is 2.25. The Balaban J connectivity index is 1.51. The molecular formula is C21H22ClN5O2. The van der Waals surface area contributed by atoms with Crippen LogP contribution < -0.4 is 10.2 Å². The molecule has 2 amide bonds. The highest BCUT2D eigenvalue weighted by atomic mass is 35.5. The molecule has 150 valence electrons. The largest absolute Gasteiger partial charge is 0.368 e. The van der Waals surface area contributed by atoms with Gasteiger partial charge < -0.3 is 15.1 Å². The molecule has 0 spiro atoms. The summed E-state index contributed by atoms with van der Waals surface area (Å²) < 4.78 is 1.64. The lowest BCUT2D eigenvalue weighted by molar-refractivity contribution is -0.114. The normalized spacial score (nSPS) is 14.3. The Hall–Kier alpha value is -3.06. The maximum Gasteiger partial charge on any atom is 0.257 e. The molecule has 7 nitrogen and oxygen atoms in total. The number of carbonyl (C=O) groups excluding carboxylic acids is 2. The standard InChI is InChI=1S/C21H22ClN5O2/c1-14-3-4-16(22)11-19(14)25-7-9-26(10-8-25)21(29)18-13-23-27-6-5-17(12-20(18)27)24-15(2)28/h3-6,11-13H,7-10H2,1-2H3,(H,24,28). The van der Waals surface area contributed by atoms with Gasteiger partial charge in [0.1, 0.15) is 0 Å². The van der Waals surface area contributed by atoms with Gasteiger partial charge in [0.05, 0.1) is 17.3 Å². The Kier molecular flexibility index (Phi) is 5.15. The van der Waals surface area contributed by atoms with Crippen LogP contribution in [-0.2, 0) is 4.79 Å². The van der Waals surface area contributed by atoms with E-state index in [0.717, 1.165) is 18.8 Å². The fourth-order valence-electron chi connectivity index (χ4n) is 3.67. The van der Waals surface area contributed by atoms with Gasteiger partial charge in [-0.25, -0.2) is 4.52 Å². The van der Waals surface area contributed by atoms with Crippen molar-refractivity contribution in [3.05, 3.63) is 58.9 Å². The Bertz CT molecular complexity index is 1090. The maximum absolute atomic E-state index is 13.1. The van der Waals surface area contributed by atoms with Crippen molar-refractivity contribution in [2.45, 2.75) is 13.8 Å². The van der Waals surface area contributed by atoms with Crippen molar-refractivity contribution >= 4 is 40.3 Å². The molecule has 8 heteroatoms. The van der Waals surface area contributed by atoms with E-state index in [9.17, 15) is 9.59 Å². The number of halogens is 1. The average Bonchev–Trinajstić information content (AvgIpc) is 3.12. The van der Waals surface area contributed by atoms with Gasteiger partial charge in [0.2, 0.25) is 5.91 Å². The first-order valence-corrected chi connectivity index (χ1v) is 9.85. The summed E-state index contributed by atoms with van der Waals surface area (Å²) in [6, 6.07) is 9.40. The SMILES string of the molecule is CC(=O)Nc1ccn2ncc(C(=O)N3CCN(c4cc(Cl)ccc4C)CC3)c2c1. The lowest BCUT2D eigenvalue weighted by Crippen LogP contribution is -2.49. The van der Waals surface area contributed by atoms with E-state index in [2.05, 4.69) is 22.2 Å². The summed E-state index contributed by atoms with van der Waals surface area (Å²) in [6.45, 7) is 6.23. The molecule has 3 aromatic rings. The van der Waals surface area contributed by atoms with Crippen LogP contribution in [0.1, 0.15) is 22.8 Å². The van der Waals surface area contributed by atoms with Crippen LogP contribution in [0.3, 0.4) is 0 Å². The summed E-state index contributed by atoms with van der Waals surface area (Å²) in [5, 5.41) is 7.73. The van der Waals surface area contributed by atoms with E-state index in [1.807, 2.05) is 23.1 Å². The molecule has 2 aromatic heterocycles. The number of amides is 2. The molecule has 0 aliphatic carbocycles. The average molecular weight is 412 g/mol. The van der Waals surface area contributed by atoms with E-state index in [1.54, 1.807) is 29.0 Å². The van der Waals surface area contributed by atoms with E-state index in [4.69, 9.17) is 11.6 Å². The van der Waals surface area contributed by atoms with E-state index in [-0.39, 0.29) is 11.8 Å². The number of nitrogens with zero attached hydrogens (tertiary/aromatic N) is 4. The van der Waals surface area contributed by atoms with E-state index >= 15 is 0 Å². The Morgan fingerprint density at radius 1 is 1.10 bits per heavy atom. The van der Waals surface area contributed by atoms with Gasteiger partial charge in [-0.3, -0.25) is 9.59 Å². The third-order valence-corrected chi connectivity index (χ3v) is 5.39. The third-order valence-electron chi connectivity index (χ3n) is 5.15. The first kappa shape index (κ1) is 19.3. The zero-order valence-electron chi connectivity index (χ0n) is 16.4. The molecule has 1 N–H and O–H groups in total. The number of fused-ring (bicyclic) bond motifs is 1. The van der Waals surface area contributed by atoms with Crippen molar-refractivity contribution in [1.29, 1.82) is 0 Å². The number of piperazine rings is 1. The number of aryl methyl sites for hydroxylation is 1. The molecule has 0 atom stereocenters. The van der Waals surface area contributed by atoms with Gasteiger partial charge in [-0.15, -0.1) is 0 Å². The summed E-state index contributed by atoms with van der Waals surface area (Å²) in [7, 11) is 0. The summed E-state index contributed by atoms with van der Waals surface area (Å²) >= 11 is 6.16. The lowest BCUT2D eigenvalue weighted by atomic mass is 10.1. The second kappa shape index (κ2) is 7.75. The van der Waals surface area contributed by atoms with Crippen LogP contribution in [0.15, 0.2) is 42.7 Å². The second-order valence-corrected chi connectivity index (χ2v) is 7.63. The highest BCUT2D eigenvalue weighted by molar-refractivity contribution is 6.30. The van der Waals surface area contributed by atoms with Gasteiger partial charge in [0, 0.05) is 55.7 Å². The zero-order valence-corrected chi connectivity index (χ0v) is 17.1. The van der Waals surface area contributed by atoms with Gasteiger partial charge in [-0.2, -0.15) is 5.10 Å². The number of anilines is 2. The molecule has 1 aliphatic rings. The number of nitrogens with one attached hydrogen (secondary N) is 1. The van der Waals surface area contributed by atoms with Crippen LogP contribution >= 0.6 is 11.6 Å². The number of benzene rings is 1. The van der Waals surface area contributed by atoms with E-state index in [1.165, 1.54) is 12.5 Å². The minimum atomic E-state index is -0.158. The molecule has 1 fully saturated rings. The van der Waals surface area contributed by atoms with Crippen molar-refractivity contribution in [1.82, 2.24) is 14.5 Å². The van der Waals surface area contributed by atoms with Crippen molar-refractivity contribution in [3.8, 4) is 0 Å². The van der Waals surface area contributed by atoms with Crippen LogP contribution in [0.4, 0.5) is 11.4 Å². The summed E-state index contributed by atoms with van der Waals surface area (Å²) in [4.78, 5) is 28.5. The molecule has 4 rings (SSSR count). The van der Waals surface area contributed by atoms with E-state index in [0.29, 0.717) is 34.9 Å². The highest BCUT2D eigenvalue weighted by Crippen LogP contribution is 2.26. The number of rotatable bonds is 3. The molecule has 1 aromatic carbocycles. The predicted octanol–water partition coefficient (Wildman–Crippen LogP) is 3.22. The van der Waals surface area contributed by atoms with Gasteiger partial charge in [-0.05, 0) is 36.8 Å². The molecule has 29 heavy (non-hydrogen) atoms. The summed E-state index contributed by atoms with van der Waals surface area (Å²) in [5.74, 6) is -0.211. The van der Waals surface area contributed by atoms with Crippen molar-refractivity contribution in [3.63, 3.8) is 0 Å². The van der Waals surface area contributed by atoms with Gasteiger partial charge in [-0.1, -0.05) is 17.7 Å². The first-order chi connectivity index (χ1) is 13.9. The van der Waals surface area contributed by atoms with Crippen molar-refractivity contribution in [2.24, 2.45) is 0 Å². The Morgan fingerprint density at radius 3 is 2.59 bits per heavy atom. The number of aromatic nitrogens is 2. The number of pyridine rings is 1. The van der Waals surface area contributed by atoms with Crippen LogP contribution in [0.25, 0.3) is 5.52 Å². The first-order valence-electron chi connectivity index (χ1n) is 9.48. The Labute approximate surface area is 173 Å². The molecule has 1 saturated heterocycles. The van der Waals surface area contributed by atoms with Gasteiger partial charge in [0.15, 0.2) is 0 Å². The monoisotopic (exact) mass is 411 g/mol. The number of carbonyl (C=O) groups is 2. The van der Waals surface area contributed by atoms with E-state index < -0.39 is 0 Å². The summed E-state index contributed by atoms with van der Waals surface area (Å²) in [6.07, 6.45) is 3.32. The van der Waals surface area contributed by atoms with Crippen molar-refractivity contribution in [2.75, 3.05) is 36.4 Å². The molecule has 0 bridgehead atoms. The fraction of sp³-hybridized carbons (Fsp3) is 0.286. The minimum absolute atomic E-state index is 0.0533. The Morgan fingerprint density at radius 2 is 1.86 bits per heavy atom. The van der Waals surface area contributed by atoms with Crippen LogP contribution in [0.2, 0.25) is 5.02 Å². The topological polar surface area (TPSA) is 70.0 Å². The molecule has 1 aliphatic heterocycles. The molecular weight excluding hydrogens is 390 g/mol. The van der Waals surface area contributed by atoms with Gasteiger partial charge in [0.25, 0.3) is 5.91 Å². The third kappa shape index (κ3) is 3.91. The van der Waals surface area contributed by atoms with Crippen LogP contribution in [0.5, 0.6) is 0 Å². The minimum Gasteiger partial charge on any atom is -0.368 e. The smallest absolute Gasteiger partial charge is 0.257 e. The molecule has 0 radical (unpaired) electrons. The summed E-state index contributed by atoms with van der Waals surface area (Å²) in [5.41, 5.74) is 4.13. The van der Waals surface area contributed by atoms with Crippen molar-refractivity contribution < 1.29 is 9.59 Å². The maximum atomic E-state index is 13.1. The number of hydrogen-bond acceptors (Lipinski definition) is 4.